The van der Waals surface area contributed by atoms with Crippen molar-refractivity contribution >= 4 is 39.1 Å². The van der Waals surface area contributed by atoms with Gasteiger partial charge in [0.2, 0.25) is 15.9 Å². The lowest BCUT2D eigenvalue weighted by molar-refractivity contribution is -0.137. The van der Waals surface area contributed by atoms with Crippen LogP contribution in [0, 0.1) is 5.92 Å². The molecule has 7 rings (SSSR count). The number of halogens is 2. The fraction of sp³-hybridized carbons (Fsp3) is 0.528. The summed E-state index contributed by atoms with van der Waals surface area (Å²) in [5.74, 6) is -1.68. The highest BCUT2D eigenvalue weighted by atomic mass is 35.5. The summed E-state index contributed by atoms with van der Waals surface area (Å²) in [6.45, 7) is 4.68. The number of carbonyl (C=O) groups is 2. The highest BCUT2D eigenvalue weighted by Crippen LogP contribution is 2.49. The molecule has 4 aliphatic rings. The molecule has 0 saturated carbocycles. The first kappa shape index (κ1) is 36.3. The second-order valence-electron chi connectivity index (χ2n) is 14.5. The Balaban J connectivity index is 1.47. The van der Waals surface area contributed by atoms with Gasteiger partial charge in [-0.25, -0.2) is 17.5 Å². The van der Waals surface area contributed by atoms with Crippen LogP contribution in [-0.4, -0.2) is 88.2 Å². The number of benzene rings is 2. The topological polar surface area (TPSA) is 143 Å². The number of carbonyl (C=O) groups excluding carboxylic acids is 2. The van der Waals surface area contributed by atoms with Crippen LogP contribution in [-0.2, 0) is 47.0 Å². The molecule has 1 aromatic heterocycles. The van der Waals surface area contributed by atoms with E-state index in [1.807, 2.05) is 17.0 Å². The number of aromatic nitrogens is 4. The minimum atomic E-state index is -4.16. The van der Waals surface area contributed by atoms with E-state index in [1.165, 1.54) is 22.7 Å². The number of anilines is 1. The van der Waals surface area contributed by atoms with Gasteiger partial charge in [0.05, 0.1) is 30.1 Å². The monoisotopic (exact) mass is 754 g/mol. The largest absolute Gasteiger partial charge is 0.487 e. The van der Waals surface area contributed by atoms with E-state index in [9.17, 15) is 18.0 Å². The van der Waals surface area contributed by atoms with E-state index in [-0.39, 0.29) is 25.1 Å². The number of hydrogen-bond donors (Lipinski definition) is 1. The van der Waals surface area contributed by atoms with Gasteiger partial charge in [-0.1, -0.05) is 24.6 Å². The van der Waals surface area contributed by atoms with Crippen molar-refractivity contribution in [3.63, 3.8) is 0 Å². The summed E-state index contributed by atoms with van der Waals surface area (Å²) in [6.07, 6.45) is 5.02. The van der Waals surface area contributed by atoms with Crippen molar-refractivity contribution in [3.05, 3.63) is 75.3 Å². The van der Waals surface area contributed by atoms with Crippen LogP contribution in [0.3, 0.4) is 0 Å². The van der Waals surface area contributed by atoms with Gasteiger partial charge in [0.1, 0.15) is 24.2 Å². The molecule has 1 fully saturated rings. The molecule has 0 unspecified atom stereocenters. The summed E-state index contributed by atoms with van der Waals surface area (Å²) >= 11 is 6.90. The molecular weight excluding hydrogens is 711 g/mol. The van der Waals surface area contributed by atoms with Crippen LogP contribution in [0.25, 0.3) is 0 Å². The van der Waals surface area contributed by atoms with Crippen LogP contribution in [0.1, 0.15) is 78.8 Å². The third-order valence-corrected chi connectivity index (χ3v) is 13.3. The number of ether oxygens (including phenoxy) is 1. The quantitative estimate of drug-likeness (QED) is 0.412. The number of allylic oxidation sites excluding steroid dienone is 1. The molecule has 52 heavy (non-hydrogen) atoms. The standard InChI is InChI=1S/C36H44ClFN8O5S/c1-22-9-11-29(38)33(35(48)43(3)19-32-39-42-44(4)40-32)46-15-7-13-36(46)21-45-14-6-5-8-24-16-26(37)18-28(36)27(24)20-51-31-12-10-25(17-30(31)45)34(47)41-52(49,50)23(22)2/h10-12,16-18,22-23,33H,5-9,13-15,19-21H2,1-4H3,(H,41,47)/b29-11-/t22-,23+,33+,36-/m0/s1. The van der Waals surface area contributed by atoms with Crippen LogP contribution >= 0.6 is 11.6 Å². The first-order valence-corrected chi connectivity index (χ1v) is 19.7. The Labute approximate surface area is 308 Å². The molecule has 1 N–H and O–H groups in total. The number of fused-ring (bicyclic) bond motifs is 1. The maximum Gasteiger partial charge on any atom is 0.264 e. The van der Waals surface area contributed by atoms with E-state index in [1.54, 1.807) is 39.2 Å². The molecular formula is C36H44ClFN8O5S. The SMILES string of the molecule is C[C@@H]1[C@@H](C)C/C=C(\F)[C@H](C(=O)N(C)Cc2nnn(C)n2)N2CCC[C@@]23CN2CCCCc4cc(Cl)cc3c4COc3ccc(cc32)C(=O)NS1(=O)=O. The molecule has 4 aliphatic heterocycles. The van der Waals surface area contributed by atoms with Crippen molar-refractivity contribution in [2.75, 3.05) is 31.6 Å². The van der Waals surface area contributed by atoms with Gasteiger partial charge in [0.15, 0.2) is 5.82 Å². The zero-order chi connectivity index (χ0) is 36.9. The molecule has 278 valence electrons. The fourth-order valence-electron chi connectivity index (χ4n) is 8.19. The van der Waals surface area contributed by atoms with Crippen LogP contribution < -0.4 is 14.4 Å². The molecule has 16 heteroatoms. The van der Waals surface area contributed by atoms with E-state index in [2.05, 4.69) is 25.0 Å². The van der Waals surface area contributed by atoms with Crippen LogP contribution in [0.5, 0.6) is 5.75 Å². The Morgan fingerprint density at radius 2 is 1.98 bits per heavy atom. The second kappa shape index (κ2) is 14.0. The van der Waals surface area contributed by atoms with Gasteiger partial charge in [0, 0.05) is 37.3 Å². The summed E-state index contributed by atoms with van der Waals surface area (Å²) < 4.78 is 53.0. The van der Waals surface area contributed by atoms with Gasteiger partial charge in [-0.05, 0) is 104 Å². The Kier molecular flexibility index (Phi) is 9.80. The minimum absolute atomic E-state index is 0.00531. The molecule has 3 aromatic rings. The van der Waals surface area contributed by atoms with Crippen molar-refractivity contribution in [1.29, 1.82) is 0 Å². The molecule has 7 bridgehead atoms. The zero-order valence-corrected chi connectivity index (χ0v) is 31.4. The van der Waals surface area contributed by atoms with Gasteiger partial charge < -0.3 is 14.5 Å². The van der Waals surface area contributed by atoms with E-state index in [0.29, 0.717) is 54.8 Å². The lowest BCUT2D eigenvalue weighted by Crippen LogP contribution is -2.58. The number of sulfonamides is 1. The number of nitrogens with one attached hydrogen (secondary N) is 1. The van der Waals surface area contributed by atoms with Crippen molar-refractivity contribution in [2.45, 2.75) is 82.4 Å². The molecule has 0 aliphatic carbocycles. The van der Waals surface area contributed by atoms with Crippen molar-refractivity contribution in [2.24, 2.45) is 13.0 Å². The van der Waals surface area contributed by atoms with Gasteiger partial charge in [-0.3, -0.25) is 14.5 Å². The van der Waals surface area contributed by atoms with Crippen molar-refractivity contribution < 1.29 is 27.1 Å². The van der Waals surface area contributed by atoms with E-state index < -0.39 is 50.4 Å². The number of amides is 2. The summed E-state index contributed by atoms with van der Waals surface area (Å²) in [5, 5.41) is 11.7. The molecule has 1 spiro atoms. The Morgan fingerprint density at radius 3 is 2.75 bits per heavy atom. The maximum absolute atomic E-state index is 17.2. The van der Waals surface area contributed by atoms with Gasteiger partial charge in [-0.15, -0.1) is 10.2 Å². The zero-order valence-electron chi connectivity index (χ0n) is 29.8. The Hall–Kier alpha value is -4.08. The van der Waals surface area contributed by atoms with Gasteiger partial charge >= 0.3 is 0 Å². The Morgan fingerprint density at radius 1 is 1.17 bits per heavy atom. The molecule has 13 nitrogen and oxygen atoms in total. The number of nitrogens with zero attached hydrogens (tertiary/aromatic N) is 7. The number of likely N-dealkylation sites (N-methyl/N-ethyl adjacent to an activating group) is 1. The predicted molar refractivity (Wildman–Crippen MR) is 193 cm³/mol. The van der Waals surface area contributed by atoms with Crippen molar-refractivity contribution in [3.8, 4) is 5.75 Å². The molecule has 0 radical (unpaired) electrons. The molecule has 2 amide bonds. The summed E-state index contributed by atoms with van der Waals surface area (Å²) in [7, 11) is -0.938. The van der Waals surface area contributed by atoms with Crippen LogP contribution in [0.15, 0.2) is 42.2 Å². The normalized spacial score (nSPS) is 27.2. The molecule has 1 saturated heterocycles. The first-order chi connectivity index (χ1) is 24.8. The van der Waals surface area contributed by atoms with Gasteiger partial charge in [-0.2, -0.15) is 4.80 Å². The third-order valence-electron chi connectivity index (χ3n) is 11.2. The lowest BCUT2D eigenvalue weighted by Gasteiger charge is -2.47. The first-order valence-electron chi connectivity index (χ1n) is 17.8. The Bertz CT molecular complexity index is 2040. The molecule has 5 heterocycles. The second-order valence-corrected chi connectivity index (χ2v) is 17.0. The van der Waals surface area contributed by atoms with E-state index >= 15 is 4.39 Å². The van der Waals surface area contributed by atoms with E-state index in [0.717, 1.165) is 36.0 Å². The highest BCUT2D eigenvalue weighted by molar-refractivity contribution is 7.90. The summed E-state index contributed by atoms with van der Waals surface area (Å²) in [4.78, 5) is 35.1. The van der Waals surface area contributed by atoms with Crippen molar-refractivity contribution in [1.82, 2.24) is 34.7 Å². The fourth-order valence-corrected chi connectivity index (χ4v) is 9.72. The molecule has 4 atom stereocenters. The number of aryl methyl sites for hydroxylation is 2. The van der Waals surface area contributed by atoms with Crippen LogP contribution in [0.2, 0.25) is 5.02 Å². The number of tetrazole rings is 1. The third kappa shape index (κ3) is 6.66. The molecule has 2 aromatic carbocycles. The summed E-state index contributed by atoms with van der Waals surface area (Å²) in [5.41, 5.74) is 2.78. The lowest BCUT2D eigenvalue weighted by atomic mass is 9.79. The maximum atomic E-state index is 17.2. The van der Waals surface area contributed by atoms with E-state index in [4.69, 9.17) is 16.3 Å². The average molecular weight is 755 g/mol. The summed E-state index contributed by atoms with van der Waals surface area (Å²) in [6, 6.07) is 7.53. The highest BCUT2D eigenvalue weighted by Gasteiger charge is 2.52. The van der Waals surface area contributed by atoms with Gasteiger partial charge in [0.25, 0.3) is 5.91 Å². The minimum Gasteiger partial charge on any atom is -0.487 e. The van der Waals surface area contributed by atoms with Crippen LogP contribution in [0.4, 0.5) is 10.1 Å². The number of rotatable bonds is 3. The average Bonchev–Trinajstić information content (AvgIpc) is 3.72. The number of hydrogen-bond acceptors (Lipinski definition) is 10. The predicted octanol–water partition coefficient (Wildman–Crippen LogP) is 4.26. The smallest absolute Gasteiger partial charge is 0.264 e.